The second-order valence-electron chi connectivity index (χ2n) is 5.08. The minimum absolute atomic E-state index is 0. The Kier molecular flexibility index (Phi) is 3.07. The van der Waals surface area contributed by atoms with E-state index >= 15 is 0 Å². The summed E-state index contributed by atoms with van der Waals surface area (Å²) in [6.45, 7) is 0. The van der Waals surface area contributed by atoms with Crippen LogP contribution in [0.25, 0.3) is 0 Å². The van der Waals surface area contributed by atoms with Crippen molar-refractivity contribution in [2.45, 2.75) is 25.3 Å². The number of rotatable bonds is 3. The van der Waals surface area contributed by atoms with Crippen molar-refractivity contribution in [3.05, 3.63) is 47.7 Å². The van der Waals surface area contributed by atoms with E-state index in [-0.39, 0.29) is 14.8 Å². The molecule has 1 amide bonds. The first-order valence-electron chi connectivity index (χ1n) is 6.63. The Balaban J connectivity index is 0.00000110. The van der Waals surface area contributed by atoms with E-state index in [0.717, 1.165) is 19.3 Å². The number of aromatic nitrogens is 1. The fourth-order valence-electron chi connectivity index (χ4n) is 2.47. The number of anilines is 1. The summed E-state index contributed by atoms with van der Waals surface area (Å²) >= 11 is 0. The number of hydrogen-bond acceptors (Lipinski definition) is 3. The highest BCUT2D eigenvalue weighted by molar-refractivity contribution is 5.95. The predicted octanol–water partition coefficient (Wildman–Crippen LogP) is 2.55. The molecule has 4 nitrogen and oxygen atoms in total. The van der Waals surface area contributed by atoms with E-state index in [9.17, 15) is 4.79 Å². The molecular weight excluding hydrogens is 238 g/mol. The zero-order valence-electron chi connectivity index (χ0n) is 10.7. The smallest absolute Gasteiger partial charge is 0.251 e. The molecule has 1 saturated carbocycles. The quantitative estimate of drug-likeness (QED) is 0.876. The van der Waals surface area contributed by atoms with Crippen LogP contribution in [0.4, 0.5) is 5.82 Å². The number of amides is 1. The van der Waals surface area contributed by atoms with Crippen LogP contribution in [0.3, 0.4) is 0 Å². The van der Waals surface area contributed by atoms with E-state index in [0.29, 0.717) is 17.3 Å². The van der Waals surface area contributed by atoms with Gasteiger partial charge in [-0.2, -0.15) is 0 Å². The van der Waals surface area contributed by atoms with Crippen molar-refractivity contribution < 1.29 is 7.65 Å². The Hall–Kier alpha value is -2.10. The summed E-state index contributed by atoms with van der Waals surface area (Å²) in [4.78, 5) is 15.9. The second kappa shape index (κ2) is 4.88. The number of hydrogen-bond donors (Lipinski definition) is 2. The van der Waals surface area contributed by atoms with Gasteiger partial charge in [-0.1, -0.05) is 18.2 Å². The number of nitrogens with two attached hydrogens (primary N) is 1. The van der Waals surface area contributed by atoms with Crippen molar-refractivity contribution >= 4 is 11.7 Å². The lowest BCUT2D eigenvalue weighted by Crippen LogP contribution is -2.27. The molecule has 2 aliphatic rings. The molecular formula is C15H21N3O. The zero-order chi connectivity index (χ0) is 13.2. The van der Waals surface area contributed by atoms with E-state index in [1.54, 1.807) is 18.3 Å². The Morgan fingerprint density at radius 3 is 3.11 bits per heavy atom. The number of pyridine rings is 1. The summed E-state index contributed by atoms with van der Waals surface area (Å²) in [6, 6.07) is 3.55. The third-order valence-electron chi connectivity index (χ3n) is 3.60. The molecule has 1 heterocycles. The van der Waals surface area contributed by atoms with Gasteiger partial charge in [0.1, 0.15) is 5.82 Å². The molecule has 102 valence electrons. The standard InChI is InChI=1S/C15H17N3O.2H2/c16-14-8-11(6-7-17-14)15(19)18-13-9-12(13)10-4-2-1-3-5-10;;/h2,4-8,12-13H,1,3,9H2,(H2,16,17)(H,18,19);2*1H/t12-,13+;;/m0../s1. The molecule has 0 aliphatic heterocycles. The van der Waals surface area contributed by atoms with Crippen molar-refractivity contribution in [3.63, 3.8) is 0 Å². The van der Waals surface area contributed by atoms with Crippen molar-refractivity contribution in [1.82, 2.24) is 10.3 Å². The number of allylic oxidation sites excluding steroid dienone is 3. The van der Waals surface area contributed by atoms with Crippen LogP contribution in [0.2, 0.25) is 0 Å². The molecule has 0 saturated heterocycles. The first kappa shape index (κ1) is 12.0. The van der Waals surface area contributed by atoms with E-state index in [2.05, 4.69) is 28.5 Å². The first-order valence-corrected chi connectivity index (χ1v) is 6.63. The van der Waals surface area contributed by atoms with Gasteiger partial charge in [-0.3, -0.25) is 4.79 Å². The average molecular weight is 259 g/mol. The molecule has 3 rings (SSSR count). The second-order valence-corrected chi connectivity index (χ2v) is 5.08. The lowest BCUT2D eigenvalue weighted by atomic mass is 10.0. The molecule has 4 heteroatoms. The highest BCUT2D eigenvalue weighted by atomic mass is 16.1. The summed E-state index contributed by atoms with van der Waals surface area (Å²) in [5.74, 6) is 0.791. The van der Waals surface area contributed by atoms with Crippen LogP contribution in [0.1, 0.15) is 32.5 Å². The lowest BCUT2D eigenvalue weighted by molar-refractivity contribution is 0.0949. The van der Waals surface area contributed by atoms with E-state index < -0.39 is 0 Å². The number of carbonyl (C=O) groups excluding carboxylic acids is 1. The van der Waals surface area contributed by atoms with Crippen LogP contribution >= 0.6 is 0 Å². The summed E-state index contributed by atoms with van der Waals surface area (Å²) in [5, 5.41) is 3.05. The highest BCUT2D eigenvalue weighted by Crippen LogP contribution is 2.39. The van der Waals surface area contributed by atoms with Gasteiger partial charge in [-0.15, -0.1) is 0 Å². The average Bonchev–Trinajstić information content (AvgIpc) is 3.19. The van der Waals surface area contributed by atoms with Gasteiger partial charge >= 0.3 is 0 Å². The third kappa shape index (κ3) is 2.67. The Bertz CT molecular complexity index is 572. The van der Waals surface area contributed by atoms with E-state index in [4.69, 9.17) is 5.73 Å². The first-order chi connectivity index (χ1) is 9.24. The molecule has 0 radical (unpaired) electrons. The third-order valence-corrected chi connectivity index (χ3v) is 3.60. The maximum Gasteiger partial charge on any atom is 0.251 e. The van der Waals surface area contributed by atoms with Crippen molar-refractivity contribution in [1.29, 1.82) is 0 Å². The molecule has 19 heavy (non-hydrogen) atoms. The Morgan fingerprint density at radius 2 is 2.37 bits per heavy atom. The fourth-order valence-corrected chi connectivity index (χ4v) is 2.47. The van der Waals surface area contributed by atoms with Gasteiger partial charge in [0, 0.05) is 26.6 Å². The van der Waals surface area contributed by atoms with Crippen LogP contribution in [0, 0.1) is 5.92 Å². The minimum Gasteiger partial charge on any atom is -0.384 e. The molecule has 1 aromatic rings. The SMILES string of the molecule is Nc1cc(C(=O)N[C@@H]2C[C@H]2C2=CCCC=C2)ccn1.[HH].[HH]. The van der Waals surface area contributed by atoms with Crippen molar-refractivity contribution in [3.8, 4) is 0 Å². The lowest BCUT2D eigenvalue weighted by Gasteiger charge is -2.08. The Morgan fingerprint density at radius 1 is 1.47 bits per heavy atom. The number of nitrogen functional groups attached to an aromatic ring is 1. The van der Waals surface area contributed by atoms with Crippen LogP contribution in [0.15, 0.2) is 42.1 Å². The molecule has 1 fully saturated rings. The largest absolute Gasteiger partial charge is 0.384 e. The van der Waals surface area contributed by atoms with Gasteiger partial charge < -0.3 is 11.1 Å². The topological polar surface area (TPSA) is 68.0 Å². The van der Waals surface area contributed by atoms with Crippen LogP contribution < -0.4 is 11.1 Å². The van der Waals surface area contributed by atoms with Gasteiger partial charge in [0.25, 0.3) is 5.91 Å². The van der Waals surface area contributed by atoms with Gasteiger partial charge in [0.2, 0.25) is 0 Å². The van der Waals surface area contributed by atoms with E-state index in [1.165, 1.54) is 5.57 Å². The summed E-state index contributed by atoms with van der Waals surface area (Å²) in [5.41, 5.74) is 7.52. The fraction of sp³-hybridized carbons (Fsp3) is 0.333. The Labute approximate surface area is 115 Å². The van der Waals surface area contributed by atoms with Gasteiger partial charge in [-0.25, -0.2) is 4.98 Å². The zero-order valence-corrected chi connectivity index (χ0v) is 10.7. The number of nitrogens with one attached hydrogen (secondary N) is 1. The van der Waals surface area contributed by atoms with E-state index in [1.807, 2.05) is 0 Å². The molecule has 2 atom stereocenters. The van der Waals surface area contributed by atoms with Gasteiger partial charge in [0.05, 0.1) is 0 Å². The molecule has 2 aliphatic carbocycles. The number of carbonyl (C=O) groups is 1. The molecule has 1 aromatic heterocycles. The summed E-state index contributed by atoms with van der Waals surface area (Å²) in [7, 11) is 0. The monoisotopic (exact) mass is 259 g/mol. The summed E-state index contributed by atoms with van der Waals surface area (Å²) < 4.78 is 0. The van der Waals surface area contributed by atoms with Crippen molar-refractivity contribution in [2.75, 3.05) is 5.73 Å². The van der Waals surface area contributed by atoms with Gasteiger partial charge in [0.15, 0.2) is 0 Å². The molecule has 0 aromatic carbocycles. The predicted molar refractivity (Wildman–Crippen MR) is 78.7 cm³/mol. The molecule has 0 spiro atoms. The van der Waals surface area contributed by atoms with Crippen molar-refractivity contribution in [2.24, 2.45) is 5.92 Å². The molecule has 0 unspecified atom stereocenters. The van der Waals surface area contributed by atoms with Crippen LogP contribution in [-0.4, -0.2) is 16.9 Å². The normalized spacial score (nSPS) is 24.7. The van der Waals surface area contributed by atoms with Gasteiger partial charge in [-0.05, 0) is 37.0 Å². The highest BCUT2D eigenvalue weighted by Gasteiger charge is 2.40. The van der Waals surface area contributed by atoms with Crippen LogP contribution in [-0.2, 0) is 0 Å². The summed E-state index contributed by atoms with van der Waals surface area (Å²) in [6.07, 6.45) is 11.5. The maximum absolute atomic E-state index is 12.0. The molecule has 3 N–H and O–H groups in total. The number of nitrogens with zero attached hydrogens (tertiary/aromatic N) is 1. The van der Waals surface area contributed by atoms with Crippen LogP contribution in [0.5, 0.6) is 0 Å². The maximum atomic E-state index is 12.0. The minimum atomic E-state index is -0.0676. The molecule has 0 bridgehead atoms.